The molecule has 1 aromatic heterocycles. The summed E-state index contributed by atoms with van der Waals surface area (Å²) >= 11 is 1.50. The van der Waals surface area contributed by atoms with E-state index in [1.54, 1.807) is 24.3 Å². The van der Waals surface area contributed by atoms with Crippen LogP contribution in [0.1, 0.15) is 5.56 Å². The van der Waals surface area contributed by atoms with Crippen LogP contribution in [0.3, 0.4) is 0 Å². The van der Waals surface area contributed by atoms with Gasteiger partial charge in [-0.1, -0.05) is 12.0 Å². The number of anilines is 4. The molecule has 9 heteroatoms. The minimum Gasteiger partial charge on any atom is -0.340 e. The molecule has 29 heavy (non-hydrogen) atoms. The van der Waals surface area contributed by atoms with Gasteiger partial charge in [-0.3, -0.25) is 0 Å². The van der Waals surface area contributed by atoms with Gasteiger partial charge in [-0.15, -0.1) is 18.2 Å². The SMILES string of the molecule is C#Cc1cccc(Nc2cc(Nc3cc(S(=O)(=O)NC)ccc3SC)ncn2)c1. The van der Waals surface area contributed by atoms with Gasteiger partial charge in [0.15, 0.2) is 0 Å². The van der Waals surface area contributed by atoms with Crippen molar-refractivity contribution < 1.29 is 8.42 Å². The second-order valence-electron chi connectivity index (χ2n) is 5.83. The van der Waals surface area contributed by atoms with E-state index in [0.717, 1.165) is 16.1 Å². The summed E-state index contributed by atoms with van der Waals surface area (Å²) in [5, 5.41) is 6.35. The number of sulfonamides is 1. The lowest BCUT2D eigenvalue weighted by Gasteiger charge is -2.13. The summed E-state index contributed by atoms with van der Waals surface area (Å²) in [5.41, 5.74) is 2.19. The van der Waals surface area contributed by atoms with Crippen molar-refractivity contribution in [1.82, 2.24) is 14.7 Å². The van der Waals surface area contributed by atoms with E-state index in [-0.39, 0.29) is 4.90 Å². The predicted octanol–water partition coefficient (Wildman–Crippen LogP) is 3.58. The second-order valence-corrected chi connectivity index (χ2v) is 8.57. The van der Waals surface area contributed by atoms with Crippen LogP contribution in [-0.4, -0.2) is 31.7 Å². The Bertz CT molecular complexity index is 1170. The minimum atomic E-state index is -3.55. The van der Waals surface area contributed by atoms with Crippen molar-refractivity contribution in [3.05, 3.63) is 60.4 Å². The molecule has 0 saturated heterocycles. The maximum atomic E-state index is 12.1. The molecule has 3 rings (SSSR count). The molecular weight excluding hydrogens is 406 g/mol. The first-order valence-electron chi connectivity index (χ1n) is 8.49. The van der Waals surface area contributed by atoms with E-state index in [1.807, 2.05) is 30.5 Å². The van der Waals surface area contributed by atoms with E-state index in [4.69, 9.17) is 6.42 Å². The monoisotopic (exact) mass is 425 g/mol. The zero-order chi connectivity index (χ0) is 20.9. The predicted molar refractivity (Wildman–Crippen MR) is 117 cm³/mol. The molecule has 0 aliphatic rings. The van der Waals surface area contributed by atoms with Gasteiger partial charge in [-0.2, -0.15) is 0 Å². The lowest BCUT2D eigenvalue weighted by atomic mass is 10.2. The molecular formula is C20H19N5O2S2. The van der Waals surface area contributed by atoms with Crippen molar-refractivity contribution in [2.75, 3.05) is 23.9 Å². The van der Waals surface area contributed by atoms with Gasteiger partial charge >= 0.3 is 0 Å². The van der Waals surface area contributed by atoms with Gasteiger partial charge in [0.25, 0.3) is 0 Å². The van der Waals surface area contributed by atoms with Crippen LogP contribution >= 0.6 is 11.8 Å². The summed E-state index contributed by atoms with van der Waals surface area (Å²) in [6.07, 6.45) is 8.77. The van der Waals surface area contributed by atoms with Crippen molar-refractivity contribution >= 4 is 44.8 Å². The van der Waals surface area contributed by atoms with Crippen LogP contribution in [-0.2, 0) is 10.0 Å². The average molecular weight is 426 g/mol. The number of aromatic nitrogens is 2. The summed E-state index contributed by atoms with van der Waals surface area (Å²) in [5.74, 6) is 3.68. The van der Waals surface area contributed by atoms with Crippen molar-refractivity contribution in [3.8, 4) is 12.3 Å². The Morgan fingerprint density at radius 3 is 2.48 bits per heavy atom. The summed E-state index contributed by atoms with van der Waals surface area (Å²) in [6.45, 7) is 0. The van der Waals surface area contributed by atoms with E-state index in [0.29, 0.717) is 17.3 Å². The summed E-state index contributed by atoms with van der Waals surface area (Å²) in [4.78, 5) is 9.50. The first-order valence-corrected chi connectivity index (χ1v) is 11.2. The highest BCUT2D eigenvalue weighted by Gasteiger charge is 2.14. The van der Waals surface area contributed by atoms with Gasteiger partial charge in [-0.25, -0.2) is 23.1 Å². The Morgan fingerprint density at radius 1 is 1.03 bits per heavy atom. The number of thioether (sulfide) groups is 1. The highest BCUT2D eigenvalue weighted by Crippen LogP contribution is 2.30. The topological polar surface area (TPSA) is 96.0 Å². The number of hydrogen-bond donors (Lipinski definition) is 3. The van der Waals surface area contributed by atoms with Gasteiger partial charge in [0, 0.05) is 22.2 Å². The molecule has 3 aromatic rings. The molecule has 0 radical (unpaired) electrons. The van der Waals surface area contributed by atoms with Gasteiger partial charge in [-0.05, 0) is 49.7 Å². The van der Waals surface area contributed by atoms with Crippen LogP contribution < -0.4 is 15.4 Å². The molecule has 3 N–H and O–H groups in total. The molecule has 0 aliphatic heterocycles. The highest BCUT2D eigenvalue weighted by molar-refractivity contribution is 7.98. The Balaban J connectivity index is 1.88. The molecule has 0 bridgehead atoms. The van der Waals surface area contributed by atoms with E-state index >= 15 is 0 Å². The molecule has 7 nitrogen and oxygen atoms in total. The van der Waals surface area contributed by atoms with E-state index < -0.39 is 10.0 Å². The van der Waals surface area contributed by atoms with Crippen LogP contribution in [0.5, 0.6) is 0 Å². The number of terminal acetylenes is 1. The molecule has 0 saturated carbocycles. The van der Waals surface area contributed by atoms with Gasteiger partial charge in [0.1, 0.15) is 18.0 Å². The quantitative estimate of drug-likeness (QED) is 0.393. The van der Waals surface area contributed by atoms with Crippen molar-refractivity contribution in [2.24, 2.45) is 0 Å². The number of nitrogens with one attached hydrogen (secondary N) is 3. The Hall–Kier alpha value is -3.06. The van der Waals surface area contributed by atoms with Crippen molar-refractivity contribution in [2.45, 2.75) is 9.79 Å². The molecule has 0 aliphatic carbocycles. The first-order chi connectivity index (χ1) is 13.9. The summed E-state index contributed by atoms with van der Waals surface area (Å²) < 4.78 is 26.6. The molecule has 0 atom stereocenters. The van der Waals surface area contributed by atoms with E-state index in [2.05, 4.69) is 31.2 Å². The maximum Gasteiger partial charge on any atom is 0.240 e. The zero-order valence-electron chi connectivity index (χ0n) is 15.8. The van der Waals surface area contributed by atoms with E-state index in [1.165, 1.54) is 25.1 Å². The summed E-state index contributed by atoms with van der Waals surface area (Å²) in [6, 6.07) is 14.0. The number of benzene rings is 2. The standard InChI is InChI=1S/C20H19N5O2S2/c1-4-14-6-5-7-15(10-14)24-19-12-20(23-13-22-19)25-17-11-16(29(26,27)21-2)8-9-18(17)28-3/h1,5-13,21H,2-3H3,(H2,22,23,24,25). The first kappa shape index (κ1) is 20.7. The number of rotatable bonds is 7. The van der Waals surface area contributed by atoms with Gasteiger partial charge in [0.2, 0.25) is 10.0 Å². The maximum absolute atomic E-state index is 12.1. The fourth-order valence-electron chi connectivity index (χ4n) is 2.54. The normalized spacial score (nSPS) is 10.9. The molecule has 0 unspecified atom stereocenters. The third-order valence-electron chi connectivity index (χ3n) is 3.98. The Labute approximate surface area is 174 Å². The molecule has 2 aromatic carbocycles. The van der Waals surface area contributed by atoms with E-state index in [9.17, 15) is 8.42 Å². The van der Waals surface area contributed by atoms with Crippen molar-refractivity contribution in [1.29, 1.82) is 0 Å². The molecule has 1 heterocycles. The lowest BCUT2D eigenvalue weighted by molar-refractivity contribution is 0.588. The lowest BCUT2D eigenvalue weighted by Crippen LogP contribution is -2.18. The Kier molecular flexibility index (Phi) is 6.39. The third-order valence-corrected chi connectivity index (χ3v) is 6.19. The van der Waals surface area contributed by atoms with Gasteiger partial charge < -0.3 is 10.6 Å². The average Bonchev–Trinajstić information content (AvgIpc) is 2.74. The fraction of sp³-hybridized carbons (Fsp3) is 0.100. The van der Waals surface area contributed by atoms with Crippen LogP contribution in [0.4, 0.5) is 23.0 Å². The number of nitrogens with zero attached hydrogens (tertiary/aromatic N) is 2. The fourth-order valence-corrected chi connectivity index (χ4v) is 3.83. The third kappa shape index (κ3) is 5.06. The number of hydrogen-bond acceptors (Lipinski definition) is 7. The molecule has 148 valence electrons. The molecule has 0 fully saturated rings. The zero-order valence-corrected chi connectivity index (χ0v) is 17.4. The van der Waals surface area contributed by atoms with Gasteiger partial charge in [0.05, 0.1) is 10.6 Å². The van der Waals surface area contributed by atoms with Crippen LogP contribution in [0.15, 0.2) is 64.6 Å². The van der Waals surface area contributed by atoms with Crippen molar-refractivity contribution in [3.63, 3.8) is 0 Å². The van der Waals surface area contributed by atoms with Crippen LogP contribution in [0, 0.1) is 12.3 Å². The molecule has 0 amide bonds. The second kappa shape index (κ2) is 8.96. The van der Waals surface area contributed by atoms with Crippen LogP contribution in [0.2, 0.25) is 0 Å². The van der Waals surface area contributed by atoms with Crippen LogP contribution in [0.25, 0.3) is 0 Å². The largest absolute Gasteiger partial charge is 0.340 e. The summed E-state index contributed by atoms with van der Waals surface area (Å²) in [7, 11) is -2.18. The highest BCUT2D eigenvalue weighted by atomic mass is 32.2. The Morgan fingerprint density at radius 2 is 1.79 bits per heavy atom. The molecule has 0 spiro atoms. The smallest absolute Gasteiger partial charge is 0.240 e. The minimum absolute atomic E-state index is 0.166.